The number of nitrogen functional groups attached to an aromatic ring is 1. The summed E-state index contributed by atoms with van der Waals surface area (Å²) in [5.41, 5.74) is 6.33. The fourth-order valence-electron chi connectivity index (χ4n) is 1.65. The molecule has 0 unspecified atom stereocenters. The molecule has 0 spiro atoms. The van der Waals surface area contributed by atoms with E-state index in [2.05, 4.69) is 4.98 Å². The highest BCUT2D eigenvalue weighted by Gasteiger charge is 2.14. The third kappa shape index (κ3) is 3.21. The predicted octanol–water partition coefficient (Wildman–Crippen LogP) is 1.19. The number of rotatable bonds is 2. The fraction of sp³-hybridized carbons (Fsp3) is 0.333. The van der Waals surface area contributed by atoms with Crippen molar-refractivity contribution in [3.8, 4) is 0 Å². The van der Waals surface area contributed by atoms with Crippen LogP contribution in [0.3, 0.4) is 0 Å². The zero-order chi connectivity index (χ0) is 13.0. The van der Waals surface area contributed by atoms with Crippen LogP contribution in [0.4, 0.5) is 5.82 Å². The monoisotopic (exact) mass is 267 g/mol. The average Bonchev–Trinajstić information content (AvgIpc) is 2.40. The van der Waals surface area contributed by atoms with Crippen molar-refractivity contribution in [2.45, 2.75) is 0 Å². The molecule has 0 bridgehead atoms. The van der Waals surface area contributed by atoms with Gasteiger partial charge in [0.25, 0.3) is 0 Å². The molecule has 1 aliphatic heterocycles. The number of carbonyl (C=O) groups is 1. The van der Waals surface area contributed by atoms with Crippen LogP contribution in [-0.2, 0) is 9.53 Å². The number of halogens is 1. The molecule has 1 amide bonds. The molecule has 1 fully saturated rings. The SMILES string of the molecule is Nc1ncc(Cl)cc1/C=C/C(=O)N1CCOCC1. The summed E-state index contributed by atoms with van der Waals surface area (Å²) in [5.74, 6) is 0.295. The molecule has 2 heterocycles. The highest BCUT2D eigenvalue weighted by molar-refractivity contribution is 6.30. The first-order valence-electron chi connectivity index (χ1n) is 5.62. The number of nitrogens with two attached hydrogens (primary N) is 1. The Hall–Kier alpha value is -1.59. The summed E-state index contributed by atoms with van der Waals surface area (Å²) in [6, 6.07) is 1.67. The molecule has 0 radical (unpaired) electrons. The molecule has 6 heteroatoms. The number of aromatic nitrogens is 1. The van der Waals surface area contributed by atoms with Gasteiger partial charge in [0.1, 0.15) is 5.82 Å². The van der Waals surface area contributed by atoms with Crippen LogP contribution in [0.15, 0.2) is 18.3 Å². The summed E-state index contributed by atoms with van der Waals surface area (Å²) in [5, 5.41) is 0.489. The van der Waals surface area contributed by atoms with Crippen LogP contribution in [-0.4, -0.2) is 42.1 Å². The zero-order valence-corrected chi connectivity index (χ0v) is 10.6. The van der Waals surface area contributed by atoms with E-state index in [0.29, 0.717) is 42.7 Å². The van der Waals surface area contributed by atoms with Crippen molar-refractivity contribution in [3.63, 3.8) is 0 Å². The van der Waals surface area contributed by atoms with Crippen LogP contribution < -0.4 is 5.73 Å². The van der Waals surface area contributed by atoms with E-state index >= 15 is 0 Å². The largest absolute Gasteiger partial charge is 0.383 e. The van der Waals surface area contributed by atoms with E-state index in [1.165, 1.54) is 12.3 Å². The maximum atomic E-state index is 11.9. The van der Waals surface area contributed by atoms with Gasteiger partial charge in [0.15, 0.2) is 0 Å². The van der Waals surface area contributed by atoms with Gasteiger partial charge in [-0.15, -0.1) is 0 Å². The standard InChI is InChI=1S/C12H14ClN3O2/c13-10-7-9(12(14)15-8-10)1-2-11(17)16-3-5-18-6-4-16/h1-2,7-8H,3-6H2,(H2,14,15)/b2-1+. The Bertz CT molecular complexity index is 470. The molecular formula is C12H14ClN3O2. The second-order valence-electron chi connectivity index (χ2n) is 3.90. The predicted molar refractivity (Wildman–Crippen MR) is 70.1 cm³/mol. The maximum absolute atomic E-state index is 11.9. The summed E-state index contributed by atoms with van der Waals surface area (Å²) in [6.07, 6.45) is 4.58. The van der Waals surface area contributed by atoms with E-state index in [0.717, 1.165) is 0 Å². The smallest absolute Gasteiger partial charge is 0.246 e. The van der Waals surface area contributed by atoms with Gasteiger partial charge in [-0.2, -0.15) is 0 Å². The molecule has 1 aliphatic rings. The Kier molecular flexibility index (Phi) is 4.17. The molecule has 18 heavy (non-hydrogen) atoms. The van der Waals surface area contributed by atoms with E-state index in [4.69, 9.17) is 22.1 Å². The molecule has 0 saturated carbocycles. The minimum Gasteiger partial charge on any atom is -0.383 e. The minimum atomic E-state index is -0.0577. The number of ether oxygens (including phenoxy) is 1. The lowest BCUT2D eigenvalue weighted by Gasteiger charge is -2.25. The molecule has 0 atom stereocenters. The van der Waals surface area contributed by atoms with E-state index in [9.17, 15) is 4.79 Å². The Morgan fingerprint density at radius 1 is 1.50 bits per heavy atom. The number of hydrogen-bond donors (Lipinski definition) is 1. The van der Waals surface area contributed by atoms with E-state index in [-0.39, 0.29) is 5.91 Å². The van der Waals surface area contributed by atoms with Crippen LogP contribution in [0.25, 0.3) is 6.08 Å². The van der Waals surface area contributed by atoms with Gasteiger partial charge in [0, 0.05) is 30.9 Å². The molecule has 0 aromatic carbocycles. The lowest BCUT2D eigenvalue weighted by atomic mass is 10.2. The number of anilines is 1. The van der Waals surface area contributed by atoms with E-state index < -0.39 is 0 Å². The third-order valence-corrected chi connectivity index (χ3v) is 2.85. The van der Waals surface area contributed by atoms with Crippen LogP contribution in [0.5, 0.6) is 0 Å². The molecule has 5 nitrogen and oxygen atoms in total. The van der Waals surface area contributed by atoms with Gasteiger partial charge in [-0.05, 0) is 12.1 Å². The van der Waals surface area contributed by atoms with Crippen molar-refractivity contribution in [2.75, 3.05) is 32.0 Å². The number of morpholine rings is 1. The normalized spacial score (nSPS) is 16.2. The second-order valence-corrected chi connectivity index (χ2v) is 4.34. The lowest BCUT2D eigenvalue weighted by Crippen LogP contribution is -2.39. The van der Waals surface area contributed by atoms with Gasteiger partial charge >= 0.3 is 0 Å². The molecule has 96 valence electrons. The molecule has 0 aliphatic carbocycles. The topological polar surface area (TPSA) is 68.5 Å². The van der Waals surface area contributed by atoms with Gasteiger partial charge in [-0.25, -0.2) is 4.98 Å². The van der Waals surface area contributed by atoms with E-state index in [1.807, 2.05) is 0 Å². The zero-order valence-electron chi connectivity index (χ0n) is 9.80. The molecule has 2 rings (SSSR count). The lowest BCUT2D eigenvalue weighted by molar-refractivity contribution is -0.129. The highest BCUT2D eigenvalue weighted by atomic mass is 35.5. The molecule has 1 aromatic rings. The van der Waals surface area contributed by atoms with Gasteiger partial charge in [-0.1, -0.05) is 11.6 Å². The first-order chi connectivity index (χ1) is 8.66. The van der Waals surface area contributed by atoms with Crippen molar-refractivity contribution in [1.29, 1.82) is 0 Å². The third-order valence-electron chi connectivity index (χ3n) is 2.64. The fourth-order valence-corrected chi connectivity index (χ4v) is 1.82. The first-order valence-corrected chi connectivity index (χ1v) is 6.00. The summed E-state index contributed by atoms with van der Waals surface area (Å²) in [7, 11) is 0. The highest BCUT2D eigenvalue weighted by Crippen LogP contribution is 2.16. The molecule has 1 aromatic heterocycles. The molecule has 1 saturated heterocycles. The van der Waals surface area contributed by atoms with Gasteiger partial charge in [-0.3, -0.25) is 4.79 Å². The van der Waals surface area contributed by atoms with Crippen molar-refractivity contribution in [3.05, 3.63) is 28.9 Å². The summed E-state index contributed by atoms with van der Waals surface area (Å²) in [6.45, 7) is 2.40. The second kappa shape index (κ2) is 5.84. The quantitative estimate of drug-likeness (QED) is 0.818. The maximum Gasteiger partial charge on any atom is 0.246 e. The van der Waals surface area contributed by atoms with Crippen molar-refractivity contribution in [2.24, 2.45) is 0 Å². The Morgan fingerprint density at radius 3 is 2.94 bits per heavy atom. The summed E-state index contributed by atoms with van der Waals surface area (Å²) >= 11 is 5.82. The number of nitrogens with zero attached hydrogens (tertiary/aromatic N) is 2. The van der Waals surface area contributed by atoms with Crippen molar-refractivity contribution < 1.29 is 9.53 Å². The average molecular weight is 268 g/mol. The Labute approximate surface area is 110 Å². The number of amides is 1. The van der Waals surface area contributed by atoms with Crippen LogP contribution >= 0.6 is 11.6 Å². The Morgan fingerprint density at radius 2 is 2.22 bits per heavy atom. The molecular weight excluding hydrogens is 254 g/mol. The van der Waals surface area contributed by atoms with Gasteiger partial charge in [0.05, 0.1) is 18.2 Å². The van der Waals surface area contributed by atoms with Gasteiger partial charge < -0.3 is 15.4 Å². The number of pyridine rings is 1. The first kappa shape index (κ1) is 12.9. The van der Waals surface area contributed by atoms with Crippen LogP contribution in [0.2, 0.25) is 5.02 Å². The number of carbonyl (C=O) groups excluding carboxylic acids is 1. The van der Waals surface area contributed by atoms with Crippen molar-refractivity contribution >= 4 is 29.4 Å². The molecule has 2 N–H and O–H groups in total. The van der Waals surface area contributed by atoms with E-state index in [1.54, 1.807) is 17.0 Å². The van der Waals surface area contributed by atoms with Crippen LogP contribution in [0.1, 0.15) is 5.56 Å². The summed E-state index contributed by atoms with van der Waals surface area (Å²) in [4.78, 5) is 17.5. The summed E-state index contributed by atoms with van der Waals surface area (Å²) < 4.78 is 5.18. The van der Waals surface area contributed by atoms with Gasteiger partial charge in [0.2, 0.25) is 5.91 Å². The minimum absolute atomic E-state index is 0.0577. The Balaban J connectivity index is 2.05. The number of hydrogen-bond acceptors (Lipinski definition) is 4. The van der Waals surface area contributed by atoms with Crippen molar-refractivity contribution in [1.82, 2.24) is 9.88 Å². The van der Waals surface area contributed by atoms with Crippen LogP contribution in [0, 0.1) is 0 Å².